The first kappa shape index (κ1) is 7.18. The van der Waals surface area contributed by atoms with Crippen LogP contribution in [-0.4, -0.2) is 10.1 Å². The van der Waals surface area contributed by atoms with Gasteiger partial charge in [-0.05, 0) is 27.4 Å². The highest BCUT2D eigenvalue weighted by atomic mass is 79.9. The van der Waals surface area contributed by atoms with Crippen molar-refractivity contribution in [1.29, 1.82) is 0 Å². The van der Waals surface area contributed by atoms with Gasteiger partial charge in [-0.3, -0.25) is 0 Å². The van der Waals surface area contributed by atoms with Gasteiger partial charge in [0.25, 0.3) is 0 Å². The maximum absolute atomic E-state index is 9.38. The molecule has 0 aromatic carbocycles. The monoisotopic (exact) mass is 232 g/mol. The lowest BCUT2D eigenvalue weighted by molar-refractivity contribution is 0.333. The van der Waals surface area contributed by atoms with Gasteiger partial charge in [-0.1, -0.05) is 0 Å². The Labute approximate surface area is 76.2 Å². The van der Waals surface area contributed by atoms with Crippen LogP contribution in [0.3, 0.4) is 0 Å². The molecule has 1 aliphatic heterocycles. The Morgan fingerprint density at radius 1 is 1.64 bits per heavy atom. The fraction of sp³-hybridized carbons (Fsp3) is 0.143. The molecule has 1 N–H and O–H groups in total. The third-order valence-corrected chi connectivity index (χ3v) is 2.67. The van der Waals surface area contributed by atoms with Gasteiger partial charge in [-0.25, -0.2) is 0 Å². The van der Waals surface area contributed by atoms with Crippen molar-refractivity contribution in [2.24, 2.45) is 0 Å². The van der Waals surface area contributed by atoms with E-state index in [0.717, 1.165) is 10.6 Å². The molecule has 2 heterocycles. The summed E-state index contributed by atoms with van der Waals surface area (Å²) in [5.74, 6) is 0.286. The summed E-state index contributed by atoms with van der Waals surface area (Å²) in [6.45, 7) is 0. The number of hydrogen-bond donors (Lipinski definition) is 1. The number of fused-ring (bicyclic) bond motifs is 1. The third-order valence-electron chi connectivity index (χ3n) is 1.41. The number of ether oxygens (including phenoxy) is 1. The molecule has 0 saturated carbocycles. The first-order chi connectivity index (χ1) is 5.27. The van der Waals surface area contributed by atoms with Crippen LogP contribution in [0.5, 0.6) is 5.06 Å². The van der Waals surface area contributed by atoms with Gasteiger partial charge in [0.15, 0.2) is 10.1 Å². The van der Waals surface area contributed by atoms with Crippen LogP contribution in [0.15, 0.2) is 17.5 Å². The van der Waals surface area contributed by atoms with E-state index < -0.39 is 0 Å². The molecule has 0 aliphatic carbocycles. The second-order valence-electron chi connectivity index (χ2n) is 2.14. The SMILES string of the molecule is OC1=CC(Br)Oc2sccc21. The molecule has 0 spiro atoms. The van der Waals surface area contributed by atoms with Gasteiger partial charge >= 0.3 is 0 Å². The van der Waals surface area contributed by atoms with Crippen LogP contribution in [0.4, 0.5) is 0 Å². The van der Waals surface area contributed by atoms with E-state index in [2.05, 4.69) is 15.9 Å². The highest BCUT2D eigenvalue weighted by Crippen LogP contribution is 2.36. The van der Waals surface area contributed by atoms with E-state index in [1.807, 2.05) is 11.4 Å². The molecule has 0 saturated heterocycles. The third kappa shape index (κ3) is 1.16. The zero-order chi connectivity index (χ0) is 7.84. The van der Waals surface area contributed by atoms with E-state index in [1.165, 1.54) is 11.3 Å². The van der Waals surface area contributed by atoms with Crippen LogP contribution < -0.4 is 4.74 Å². The van der Waals surface area contributed by atoms with Gasteiger partial charge in [-0.15, -0.1) is 11.3 Å². The lowest BCUT2D eigenvalue weighted by Crippen LogP contribution is -2.09. The van der Waals surface area contributed by atoms with E-state index >= 15 is 0 Å². The molecular weight excluding hydrogens is 228 g/mol. The molecule has 2 nitrogen and oxygen atoms in total. The first-order valence-corrected chi connectivity index (χ1v) is 4.86. The normalized spacial score (nSPS) is 21.9. The molecule has 0 amide bonds. The minimum atomic E-state index is -0.200. The number of aliphatic hydroxyl groups excluding tert-OH is 1. The average Bonchev–Trinajstić information content (AvgIpc) is 2.34. The summed E-state index contributed by atoms with van der Waals surface area (Å²) in [7, 11) is 0. The summed E-state index contributed by atoms with van der Waals surface area (Å²) >= 11 is 4.71. The van der Waals surface area contributed by atoms with Crippen LogP contribution in [-0.2, 0) is 0 Å². The molecule has 1 aliphatic rings. The minimum absolute atomic E-state index is 0.200. The summed E-state index contributed by atoms with van der Waals surface area (Å²) in [5, 5.41) is 11.8. The summed E-state index contributed by atoms with van der Waals surface area (Å²) in [4.78, 5) is 0. The molecule has 1 aromatic heterocycles. The summed E-state index contributed by atoms with van der Waals surface area (Å²) in [6.07, 6.45) is 1.62. The van der Waals surface area contributed by atoms with E-state index in [-0.39, 0.29) is 10.8 Å². The number of alkyl halides is 1. The van der Waals surface area contributed by atoms with Crippen molar-refractivity contribution < 1.29 is 9.84 Å². The largest absolute Gasteiger partial charge is 0.507 e. The first-order valence-electron chi connectivity index (χ1n) is 3.07. The Balaban J connectivity index is 2.50. The van der Waals surface area contributed by atoms with Gasteiger partial charge in [0.05, 0.1) is 5.56 Å². The predicted molar refractivity (Wildman–Crippen MR) is 48.3 cm³/mol. The minimum Gasteiger partial charge on any atom is -0.507 e. The molecule has 2 rings (SSSR count). The Morgan fingerprint density at radius 3 is 3.27 bits per heavy atom. The van der Waals surface area contributed by atoms with Crippen molar-refractivity contribution in [3.8, 4) is 5.06 Å². The topological polar surface area (TPSA) is 29.5 Å². The molecule has 4 heteroatoms. The molecule has 11 heavy (non-hydrogen) atoms. The van der Waals surface area contributed by atoms with Crippen molar-refractivity contribution in [3.63, 3.8) is 0 Å². The predicted octanol–water partition coefficient (Wildman–Crippen LogP) is 2.76. The zero-order valence-electron chi connectivity index (χ0n) is 5.45. The summed E-state index contributed by atoms with van der Waals surface area (Å²) in [6, 6.07) is 1.84. The maximum atomic E-state index is 9.38. The van der Waals surface area contributed by atoms with Gasteiger partial charge in [0.1, 0.15) is 5.76 Å². The Hall–Kier alpha value is -0.480. The van der Waals surface area contributed by atoms with Crippen LogP contribution in [0.1, 0.15) is 5.56 Å². The molecule has 0 radical (unpaired) electrons. The fourth-order valence-corrected chi connectivity index (χ4v) is 2.27. The zero-order valence-corrected chi connectivity index (χ0v) is 7.85. The van der Waals surface area contributed by atoms with Crippen LogP contribution >= 0.6 is 27.3 Å². The van der Waals surface area contributed by atoms with Gasteiger partial charge in [-0.2, -0.15) is 0 Å². The highest BCUT2D eigenvalue weighted by Gasteiger charge is 2.18. The molecule has 0 fully saturated rings. The average molecular weight is 233 g/mol. The number of rotatable bonds is 0. The van der Waals surface area contributed by atoms with Crippen LogP contribution in [0.25, 0.3) is 5.76 Å². The molecule has 1 unspecified atom stereocenters. The van der Waals surface area contributed by atoms with Crippen molar-refractivity contribution >= 4 is 33.0 Å². The molecule has 1 aromatic rings. The lowest BCUT2D eigenvalue weighted by atomic mass is 10.2. The molecule has 58 valence electrons. The van der Waals surface area contributed by atoms with E-state index in [0.29, 0.717) is 0 Å². The second kappa shape index (κ2) is 2.53. The van der Waals surface area contributed by atoms with E-state index in [1.54, 1.807) is 6.08 Å². The van der Waals surface area contributed by atoms with Crippen LogP contribution in [0, 0.1) is 0 Å². The number of thiophene rings is 1. The molecule has 0 bridgehead atoms. The number of hydrogen-bond acceptors (Lipinski definition) is 3. The lowest BCUT2D eigenvalue weighted by Gasteiger charge is -2.14. The fourth-order valence-electron chi connectivity index (χ4n) is 0.927. The number of aliphatic hydroxyl groups is 1. The van der Waals surface area contributed by atoms with Crippen molar-refractivity contribution in [2.45, 2.75) is 5.01 Å². The smallest absolute Gasteiger partial charge is 0.186 e. The van der Waals surface area contributed by atoms with E-state index in [4.69, 9.17) is 4.74 Å². The Kier molecular flexibility index (Phi) is 1.65. The van der Waals surface area contributed by atoms with Crippen LogP contribution in [0.2, 0.25) is 0 Å². The molecular formula is C7H5BrO2S. The van der Waals surface area contributed by atoms with Gasteiger partial charge in [0.2, 0.25) is 0 Å². The Morgan fingerprint density at radius 2 is 2.45 bits per heavy atom. The van der Waals surface area contributed by atoms with Crippen molar-refractivity contribution in [1.82, 2.24) is 0 Å². The Bertz CT molecular complexity index is 305. The summed E-state index contributed by atoms with van der Waals surface area (Å²) in [5.41, 5.74) is 0.783. The van der Waals surface area contributed by atoms with Gasteiger partial charge in [0, 0.05) is 6.08 Å². The quantitative estimate of drug-likeness (QED) is 0.698. The van der Waals surface area contributed by atoms with Crippen molar-refractivity contribution in [2.75, 3.05) is 0 Å². The van der Waals surface area contributed by atoms with Gasteiger partial charge < -0.3 is 9.84 Å². The van der Waals surface area contributed by atoms with Crippen molar-refractivity contribution in [3.05, 3.63) is 23.1 Å². The molecule has 1 atom stereocenters. The highest BCUT2D eigenvalue weighted by molar-refractivity contribution is 9.09. The van der Waals surface area contributed by atoms with E-state index in [9.17, 15) is 5.11 Å². The maximum Gasteiger partial charge on any atom is 0.186 e. The number of halogens is 1. The summed E-state index contributed by atoms with van der Waals surface area (Å²) < 4.78 is 5.34. The second-order valence-corrected chi connectivity index (χ2v) is 3.92. The standard InChI is InChI=1S/C7H5BrO2S/c8-6-3-5(9)4-1-2-11-7(4)10-6/h1-3,6,9H.